The van der Waals surface area contributed by atoms with Crippen molar-refractivity contribution in [2.45, 2.75) is 20.3 Å². The first-order valence-corrected chi connectivity index (χ1v) is 8.66. The Bertz CT molecular complexity index is 864. The standard InChI is InChI=1S/C21H22N4O/c1-15(2)13-20(26)24-19-14-18(16-9-5-3-6-10-16)23-21(25-19)22-17-11-7-4-8-12-17/h3-12,14-15H,13H2,1-2H3,(H2,22,23,24,25,26). The molecule has 0 spiro atoms. The molecule has 2 N–H and O–H groups in total. The van der Waals surface area contributed by atoms with E-state index < -0.39 is 0 Å². The maximum absolute atomic E-state index is 12.1. The van der Waals surface area contributed by atoms with Crippen molar-refractivity contribution in [1.29, 1.82) is 0 Å². The summed E-state index contributed by atoms with van der Waals surface area (Å²) in [5.41, 5.74) is 2.60. The Morgan fingerprint density at radius 1 is 0.962 bits per heavy atom. The molecule has 132 valence electrons. The number of hydrogen-bond donors (Lipinski definition) is 2. The maximum atomic E-state index is 12.1. The number of aromatic nitrogens is 2. The van der Waals surface area contributed by atoms with Crippen LogP contribution in [0.15, 0.2) is 66.7 Å². The van der Waals surface area contributed by atoms with Gasteiger partial charge in [0.1, 0.15) is 5.82 Å². The number of nitrogens with one attached hydrogen (secondary N) is 2. The molecule has 2 aromatic carbocycles. The second kappa shape index (κ2) is 8.25. The number of carbonyl (C=O) groups excluding carboxylic acids is 1. The second-order valence-electron chi connectivity index (χ2n) is 6.47. The van der Waals surface area contributed by atoms with Gasteiger partial charge in [-0.3, -0.25) is 4.79 Å². The lowest BCUT2D eigenvalue weighted by Crippen LogP contribution is -2.15. The Labute approximate surface area is 153 Å². The highest BCUT2D eigenvalue weighted by atomic mass is 16.1. The van der Waals surface area contributed by atoms with Gasteiger partial charge in [-0.2, -0.15) is 4.98 Å². The van der Waals surface area contributed by atoms with Gasteiger partial charge in [0.15, 0.2) is 0 Å². The topological polar surface area (TPSA) is 66.9 Å². The zero-order chi connectivity index (χ0) is 18.4. The first-order valence-electron chi connectivity index (χ1n) is 8.66. The lowest BCUT2D eigenvalue weighted by molar-refractivity contribution is -0.116. The van der Waals surface area contributed by atoms with Gasteiger partial charge in [0.05, 0.1) is 5.69 Å². The van der Waals surface area contributed by atoms with Crippen LogP contribution < -0.4 is 10.6 Å². The number of nitrogens with zero attached hydrogens (tertiary/aromatic N) is 2. The van der Waals surface area contributed by atoms with E-state index >= 15 is 0 Å². The lowest BCUT2D eigenvalue weighted by atomic mass is 10.1. The smallest absolute Gasteiger partial charge is 0.229 e. The Morgan fingerprint density at radius 2 is 1.62 bits per heavy atom. The normalized spacial score (nSPS) is 10.6. The molecule has 0 atom stereocenters. The largest absolute Gasteiger partial charge is 0.324 e. The predicted octanol–water partition coefficient (Wildman–Crippen LogP) is 4.87. The molecule has 1 heterocycles. The van der Waals surface area contributed by atoms with Crippen molar-refractivity contribution in [1.82, 2.24) is 9.97 Å². The monoisotopic (exact) mass is 346 g/mol. The van der Waals surface area contributed by atoms with E-state index in [1.54, 1.807) is 6.07 Å². The average molecular weight is 346 g/mol. The van der Waals surface area contributed by atoms with Gasteiger partial charge in [-0.25, -0.2) is 4.98 Å². The molecule has 0 unspecified atom stereocenters. The summed E-state index contributed by atoms with van der Waals surface area (Å²) in [7, 11) is 0. The van der Waals surface area contributed by atoms with E-state index in [9.17, 15) is 4.79 Å². The molecule has 5 heteroatoms. The van der Waals surface area contributed by atoms with Crippen molar-refractivity contribution in [3.8, 4) is 11.3 Å². The molecule has 0 fully saturated rings. The third kappa shape index (κ3) is 4.89. The summed E-state index contributed by atoms with van der Waals surface area (Å²) in [6.45, 7) is 4.02. The predicted molar refractivity (Wildman–Crippen MR) is 105 cm³/mol. The average Bonchev–Trinajstić information content (AvgIpc) is 2.62. The zero-order valence-electron chi connectivity index (χ0n) is 14.9. The fraction of sp³-hybridized carbons (Fsp3) is 0.190. The number of para-hydroxylation sites is 1. The molecule has 1 aromatic heterocycles. The van der Waals surface area contributed by atoms with Gasteiger partial charge in [0.2, 0.25) is 11.9 Å². The van der Waals surface area contributed by atoms with Crippen LogP contribution in [0.25, 0.3) is 11.3 Å². The highest BCUT2D eigenvalue weighted by Crippen LogP contribution is 2.23. The molecule has 0 aliphatic rings. The van der Waals surface area contributed by atoms with Crippen LogP contribution >= 0.6 is 0 Å². The molecule has 0 saturated heterocycles. The molecule has 0 radical (unpaired) electrons. The van der Waals surface area contributed by atoms with E-state index in [-0.39, 0.29) is 11.8 Å². The van der Waals surface area contributed by atoms with Gasteiger partial charge in [0, 0.05) is 23.7 Å². The van der Waals surface area contributed by atoms with Gasteiger partial charge in [0.25, 0.3) is 0 Å². The van der Waals surface area contributed by atoms with Crippen molar-refractivity contribution in [3.63, 3.8) is 0 Å². The molecule has 0 saturated carbocycles. The van der Waals surface area contributed by atoms with Crippen LogP contribution in [0.2, 0.25) is 0 Å². The Balaban J connectivity index is 1.92. The zero-order valence-corrected chi connectivity index (χ0v) is 14.9. The molecular formula is C21H22N4O. The van der Waals surface area contributed by atoms with E-state index in [1.807, 2.05) is 74.5 Å². The van der Waals surface area contributed by atoms with Crippen LogP contribution in [0.1, 0.15) is 20.3 Å². The minimum Gasteiger partial charge on any atom is -0.324 e. The van der Waals surface area contributed by atoms with Gasteiger partial charge in [-0.1, -0.05) is 62.4 Å². The van der Waals surface area contributed by atoms with Crippen molar-refractivity contribution in [2.24, 2.45) is 5.92 Å². The van der Waals surface area contributed by atoms with E-state index in [0.717, 1.165) is 16.9 Å². The lowest BCUT2D eigenvalue weighted by Gasteiger charge is -2.11. The molecule has 0 aliphatic carbocycles. The molecule has 0 aliphatic heterocycles. The first-order chi connectivity index (χ1) is 12.6. The van der Waals surface area contributed by atoms with Crippen molar-refractivity contribution in [2.75, 3.05) is 10.6 Å². The molecule has 1 amide bonds. The Hall–Kier alpha value is -3.21. The van der Waals surface area contributed by atoms with E-state index in [2.05, 4.69) is 20.6 Å². The number of amides is 1. The quantitative estimate of drug-likeness (QED) is 0.668. The second-order valence-corrected chi connectivity index (χ2v) is 6.47. The van der Waals surface area contributed by atoms with E-state index in [4.69, 9.17) is 0 Å². The van der Waals surface area contributed by atoms with Crippen molar-refractivity contribution in [3.05, 3.63) is 66.7 Å². The SMILES string of the molecule is CC(C)CC(=O)Nc1cc(-c2ccccc2)nc(Nc2ccccc2)n1. The van der Waals surface area contributed by atoms with Crippen molar-refractivity contribution < 1.29 is 4.79 Å². The molecule has 26 heavy (non-hydrogen) atoms. The summed E-state index contributed by atoms with van der Waals surface area (Å²) in [4.78, 5) is 21.2. The summed E-state index contributed by atoms with van der Waals surface area (Å²) in [6.07, 6.45) is 0.451. The van der Waals surface area contributed by atoms with Crippen LogP contribution in [0.5, 0.6) is 0 Å². The summed E-state index contributed by atoms with van der Waals surface area (Å²) in [5, 5.41) is 6.07. The molecule has 0 bridgehead atoms. The summed E-state index contributed by atoms with van der Waals surface area (Å²) >= 11 is 0. The molecule has 5 nitrogen and oxygen atoms in total. The van der Waals surface area contributed by atoms with Crippen LogP contribution in [0.3, 0.4) is 0 Å². The highest BCUT2D eigenvalue weighted by molar-refractivity contribution is 5.90. The Morgan fingerprint density at radius 3 is 2.27 bits per heavy atom. The number of benzene rings is 2. The van der Waals surface area contributed by atoms with Gasteiger partial charge in [-0.15, -0.1) is 0 Å². The number of rotatable bonds is 6. The molecular weight excluding hydrogens is 324 g/mol. The van der Waals surface area contributed by atoms with Crippen LogP contribution in [-0.4, -0.2) is 15.9 Å². The van der Waals surface area contributed by atoms with Gasteiger partial charge >= 0.3 is 0 Å². The maximum Gasteiger partial charge on any atom is 0.229 e. The van der Waals surface area contributed by atoms with Crippen LogP contribution in [0.4, 0.5) is 17.5 Å². The van der Waals surface area contributed by atoms with Crippen LogP contribution in [0, 0.1) is 5.92 Å². The van der Waals surface area contributed by atoms with Crippen molar-refractivity contribution >= 4 is 23.4 Å². The Kier molecular flexibility index (Phi) is 5.59. The fourth-order valence-corrected chi connectivity index (χ4v) is 2.54. The van der Waals surface area contributed by atoms with Gasteiger partial charge in [-0.05, 0) is 18.1 Å². The highest BCUT2D eigenvalue weighted by Gasteiger charge is 2.11. The minimum atomic E-state index is -0.0524. The minimum absolute atomic E-state index is 0.0524. The van der Waals surface area contributed by atoms with E-state index in [1.165, 1.54) is 0 Å². The molecule has 3 rings (SSSR count). The van der Waals surface area contributed by atoms with Crippen LogP contribution in [-0.2, 0) is 4.79 Å². The number of carbonyl (C=O) groups is 1. The third-order valence-electron chi connectivity index (χ3n) is 3.69. The van der Waals surface area contributed by atoms with E-state index in [0.29, 0.717) is 18.2 Å². The molecule has 3 aromatic rings. The summed E-state index contributed by atoms with van der Waals surface area (Å²) in [6, 6.07) is 21.3. The van der Waals surface area contributed by atoms with Gasteiger partial charge < -0.3 is 10.6 Å². The summed E-state index contributed by atoms with van der Waals surface area (Å²) < 4.78 is 0. The summed E-state index contributed by atoms with van der Waals surface area (Å²) in [5.74, 6) is 1.16. The third-order valence-corrected chi connectivity index (χ3v) is 3.69. The first kappa shape index (κ1) is 17.6. The fourth-order valence-electron chi connectivity index (χ4n) is 2.54. The number of anilines is 3. The number of hydrogen-bond acceptors (Lipinski definition) is 4.